The molecule has 0 aliphatic rings. The maximum atomic E-state index is 13.1. The lowest BCUT2D eigenvalue weighted by molar-refractivity contribution is -0.123. The number of benzene rings is 3. The Bertz CT molecular complexity index is 1300. The molecule has 0 saturated heterocycles. The Morgan fingerprint density at radius 1 is 1.11 bits per heavy atom. The Morgan fingerprint density at radius 2 is 1.83 bits per heavy atom. The molecule has 3 aromatic rings. The number of hydrogen-bond donors (Lipinski definition) is 4. The van der Waals surface area contributed by atoms with Gasteiger partial charge in [0.1, 0.15) is 12.4 Å². The lowest BCUT2D eigenvalue weighted by Gasteiger charge is -2.18. The Hall–Kier alpha value is -4.65. The fraction of sp³-hybridized carbons (Fsp3) is 0.0769. The summed E-state index contributed by atoms with van der Waals surface area (Å²) in [5.74, 6) is 10.2. The van der Waals surface area contributed by atoms with Crippen LogP contribution in [0, 0.1) is 11.3 Å². The first kappa shape index (κ1) is 26.0. The topological polar surface area (TPSA) is 150 Å². The molecule has 10 heteroatoms. The average Bonchev–Trinajstić information content (AvgIpc) is 2.88. The van der Waals surface area contributed by atoms with E-state index in [2.05, 4.69) is 15.7 Å². The second-order valence-electron chi connectivity index (χ2n) is 7.64. The third kappa shape index (κ3) is 7.43. The number of nitrogens with zero attached hydrogens (tertiary/aromatic N) is 3. The summed E-state index contributed by atoms with van der Waals surface area (Å²) >= 11 is 6.10. The third-order valence-corrected chi connectivity index (χ3v) is 5.31. The molecular weight excluding hydrogens is 478 g/mol. The van der Waals surface area contributed by atoms with Gasteiger partial charge >= 0.3 is 0 Å². The van der Waals surface area contributed by atoms with Crippen molar-refractivity contribution in [2.24, 2.45) is 16.8 Å². The summed E-state index contributed by atoms with van der Waals surface area (Å²) in [5, 5.41) is 19.5. The minimum absolute atomic E-state index is 0.272. The maximum absolute atomic E-state index is 13.1. The van der Waals surface area contributed by atoms with E-state index in [1.807, 2.05) is 36.4 Å². The second-order valence-corrected chi connectivity index (χ2v) is 8.07. The maximum Gasteiger partial charge on any atom is 0.247 e. The number of carbonyl (C=O) groups is 2. The zero-order valence-corrected chi connectivity index (χ0v) is 19.9. The van der Waals surface area contributed by atoms with Gasteiger partial charge in [0.15, 0.2) is 0 Å². The molecule has 2 amide bonds. The number of amides is 2. The molecule has 0 spiro atoms. The minimum atomic E-state index is -0.866. The molecule has 1 atom stereocenters. The zero-order valence-electron chi connectivity index (χ0n) is 19.1. The van der Waals surface area contributed by atoms with E-state index in [1.54, 1.807) is 42.5 Å². The van der Waals surface area contributed by atoms with E-state index >= 15 is 0 Å². The number of hydrazone groups is 1. The van der Waals surface area contributed by atoms with Gasteiger partial charge in [-0.15, -0.1) is 0 Å². The summed E-state index contributed by atoms with van der Waals surface area (Å²) in [6, 6.07) is 21.9. The van der Waals surface area contributed by atoms with Crippen molar-refractivity contribution in [3.63, 3.8) is 0 Å². The molecule has 0 heterocycles. The highest BCUT2D eigenvalue weighted by atomic mass is 35.5. The smallest absolute Gasteiger partial charge is 0.247 e. The third-order valence-electron chi connectivity index (χ3n) is 5.07. The second kappa shape index (κ2) is 12.7. The van der Waals surface area contributed by atoms with Gasteiger partial charge in [0, 0.05) is 28.8 Å². The van der Waals surface area contributed by atoms with Crippen molar-refractivity contribution in [3.05, 3.63) is 101 Å². The van der Waals surface area contributed by atoms with Crippen molar-refractivity contribution < 1.29 is 9.59 Å². The van der Waals surface area contributed by atoms with E-state index in [0.717, 1.165) is 5.56 Å². The van der Waals surface area contributed by atoms with Gasteiger partial charge in [-0.25, -0.2) is 5.84 Å². The van der Waals surface area contributed by atoms with E-state index in [0.29, 0.717) is 27.5 Å². The van der Waals surface area contributed by atoms with Crippen LogP contribution >= 0.6 is 11.6 Å². The molecule has 0 aliphatic heterocycles. The standard InChI is InChI=1S/C26H24ClN7O2/c27-21-9-12-24(34(30)17-31-29)20(15-21)8-13-25(35)33-23(14-18-4-2-1-3-5-18)26(36)32-22-10-6-19(16-28)7-11-22/h1-13,15,17,23H,14,29-30H2,(H,32,36)(H,33,35)/b13-8+,31-17-/t23-/m0/s1. The van der Waals surface area contributed by atoms with Crippen LogP contribution in [-0.4, -0.2) is 24.2 Å². The van der Waals surface area contributed by atoms with Crippen molar-refractivity contribution in [3.8, 4) is 6.07 Å². The van der Waals surface area contributed by atoms with Crippen LogP contribution < -0.4 is 27.3 Å². The summed E-state index contributed by atoms with van der Waals surface area (Å²) in [7, 11) is 0. The van der Waals surface area contributed by atoms with E-state index in [1.165, 1.54) is 23.5 Å². The number of carbonyl (C=O) groups excluding carboxylic acids is 2. The number of hydrazine groups is 1. The number of rotatable bonds is 9. The highest BCUT2D eigenvalue weighted by Gasteiger charge is 2.21. The van der Waals surface area contributed by atoms with Gasteiger partial charge in [0.2, 0.25) is 11.8 Å². The van der Waals surface area contributed by atoms with Gasteiger partial charge < -0.3 is 16.5 Å². The Labute approximate surface area is 213 Å². The Balaban J connectivity index is 1.79. The molecule has 0 unspecified atom stereocenters. The molecule has 3 rings (SSSR count). The molecule has 9 nitrogen and oxygen atoms in total. The van der Waals surface area contributed by atoms with Gasteiger partial charge in [0.25, 0.3) is 0 Å². The minimum Gasteiger partial charge on any atom is -0.340 e. The molecule has 0 fully saturated rings. The highest BCUT2D eigenvalue weighted by Crippen LogP contribution is 2.23. The molecular formula is C26H24ClN7O2. The molecule has 0 radical (unpaired) electrons. The molecule has 36 heavy (non-hydrogen) atoms. The van der Waals surface area contributed by atoms with Gasteiger partial charge in [-0.1, -0.05) is 41.9 Å². The quantitative estimate of drug-likeness (QED) is 0.116. The molecule has 0 saturated carbocycles. The van der Waals surface area contributed by atoms with Crippen LogP contribution in [0.4, 0.5) is 11.4 Å². The summed E-state index contributed by atoms with van der Waals surface area (Å²) < 4.78 is 0. The first-order valence-corrected chi connectivity index (χ1v) is 11.2. The summed E-state index contributed by atoms with van der Waals surface area (Å²) in [4.78, 5) is 25.9. The number of hydrogen-bond acceptors (Lipinski definition) is 6. The number of halogens is 1. The largest absolute Gasteiger partial charge is 0.340 e. The average molecular weight is 502 g/mol. The molecule has 3 aromatic carbocycles. The van der Waals surface area contributed by atoms with Crippen molar-refractivity contribution in [2.75, 3.05) is 10.3 Å². The van der Waals surface area contributed by atoms with Gasteiger partial charge in [-0.2, -0.15) is 10.4 Å². The zero-order chi connectivity index (χ0) is 25.9. The van der Waals surface area contributed by atoms with Gasteiger partial charge in [0.05, 0.1) is 17.3 Å². The lowest BCUT2D eigenvalue weighted by atomic mass is 10.0. The first-order chi connectivity index (χ1) is 17.4. The van der Waals surface area contributed by atoms with Crippen LogP contribution in [0.3, 0.4) is 0 Å². The molecule has 6 N–H and O–H groups in total. The number of nitrogens with one attached hydrogen (secondary N) is 2. The monoisotopic (exact) mass is 501 g/mol. The predicted octanol–water partition coefficient (Wildman–Crippen LogP) is 3.17. The van der Waals surface area contributed by atoms with Crippen LogP contribution in [0.1, 0.15) is 16.7 Å². The predicted molar refractivity (Wildman–Crippen MR) is 142 cm³/mol. The highest BCUT2D eigenvalue weighted by molar-refractivity contribution is 6.30. The molecule has 0 aromatic heterocycles. The first-order valence-electron chi connectivity index (χ1n) is 10.8. The molecule has 182 valence electrons. The van der Waals surface area contributed by atoms with Crippen LogP contribution in [0.15, 0.2) is 84.0 Å². The molecule has 0 aliphatic carbocycles. The van der Waals surface area contributed by atoms with Crippen molar-refractivity contribution in [1.82, 2.24) is 5.32 Å². The van der Waals surface area contributed by atoms with E-state index in [-0.39, 0.29) is 6.42 Å². The SMILES string of the molecule is N#Cc1ccc(NC(=O)[C@H](Cc2ccccc2)NC(=O)/C=C/c2cc(Cl)ccc2N(N)/C=N\N)cc1. The number of nitriles is 1. The Kier molecular flexibility index (Phi) is 9.17. The van der Waals surface area contributed by atoms with Crippen molar-refractivity contribution in [2.45, 2.75) is 12.5 Å². The fourth-order valence-corrected chi connectivity index (χ4v) is 3.51. The fourth-order valence-electron chi connectivity index (χ4n) is 3.33. The lowest BCUT2D eigenvalue weighted by Crippen LogP contribution is -2.44. The van der Waals surface area contributed by atoms with Crippen LogP contribution in [0.25, 0.3) is 6.08 Å². The summed E-state index contributed by atoms with van der Waals surface area (Å²) in [5.41, 5.74) is 2.91. The van der Waals surface area contributed by atoms with Crippen LogP contribution in [0.5, 0.6) is 0 Å². The van der Waals surface area contributed by atoms with Crippen molar-refractivity contribution >= 4 is 47.2 Å². The van der Waals surface area contributed by atoms with Crippen molar-refractivity contribution in [1.29, 1.82) is 5.26 Å². The number of nitrogens with two attached hydrogens (primary N) is 2. The summed E-state index contributed by atoms with van der Waals surface area (Å²) in [6.07, 6.45) is 4.30. The van der Waals surface area contributed by atoms with Crippen LogP contribution in [-0.2, 0) is 16.0 Å². The Morgan fingerprint density at radius 3 is 2.50 bits per heavy atom. The van der Waals surface area contributed by atoms with Gasteiger partial charge in [-0.05, 0) is 54.1 Å². The number of anilines is 2. The normalized spacial score (nSPS) is 11.7. The van der Waals surface area contributed by atoms with Crippen LogP contribution in [0.2, 0.25) is 5.02 Å². The van der Waals surface area contributed by atoms with Gasteiger partial charge in [-0.3, -0.25) is 14.6 Å². The summed E-state index contributed by atoms with van der Waals surface area (Å²) in [6.45, 7) is 0. The van der Waals surface area contributed by atoms with E-state index in [9.17, 15) is 9.59 Å². The molecule has 0 bridgehead atoms. The van der Waals surface area contributed by atoms with E-state index < -0.39 is 17.9 Å². The van der Waals surface area contributed by atoms with E-state index in [4.69, 9.17) is 28.5 Å².